The summed E-state index contributed by atoms with van der Waals surface area (Å²) in [5, 5.41) is 0. The molecule has 0 aromatic heterocycles. The Morgan fingerprint density at radius 1 is 1.19 bits per heavy atom. The molecule has 2 saturated heterocycles. The first-order chi connectivity index (χ1) is 15.0. The summed E-state index contributed by atoms with van der Waals surface area (Å²) in [6.07, 6.45) is 4.49. The van der Waals surface area contributed by atoms with Crippen LogP contribution in [0.2, 0.25) is 0 Å². The number of carbonyl (C=O) groups is 3. The third kappa shape index (κ3) is 4.61. The van der Waals surface area contributed by atoms with E-state index in [0.29, 0.717) is 30.9 Å². The second-order valence-electron chi connectivity index (χ2n) is 8.48. The van der Waals surface area contributed by atoms with Crippen molar-refractivity contribution in [2.45, 2.75) is 63.3 Å². The molecule has 2 atom stereocenters. The van der Waals surface area contributed by atoms with E-state index >= 15 is 0 Å². The summed E-state index contributed by atoms with van der Waals surface area (Å²) in [7, 11) is 3.14. The molecule has 0 unspecified atom stereocenters. The molecule has 0 radical (unpaired) electrons. The first kappa shape index (κ1) is 23.3. The van der Waals surface area contributed by atoms with Gasteiger partial charge in [-0.1, -0.05) is 25.1 Å². The van der Waals surface area contributed by atoms with E-state index in [1.165, 1.54) is 4.90 Å². The van der Waals surface area contributed by atoms with Crippen molar-refractivity contribution in [3.63, 3.8) is 0 Å². The molecule has 2 aliphatic rings. The Hall–Kier alpha value is -2.41. The number of hydrogen-bond donors (Lipinski definition) is 0. The van der Waals surface area contributed by atoms with Gasteiger partial charge in [0.25, 0.3) is 0 Å². The van der Waals surface area contributed by atoms with E-state index in [4.69, 9.17) is 9.47 Å². The van der Waals surface area contributed by atoms with Crippen LogP contribution in [0.3, 0.4) is 0 Å². The smallest absolute Gasteiger partial charge is 0.241 e. The molecule has 7 nitrogen and oxygen atoms in total. The summed E-state index contributed by atoms with van der Waals surface area (Å²) in [6, 6.07) is 7.44. The van der Waals surface area contributed by atoms with Gasteiger partial charge in [0.15, 0.2) is 0 Å². The fourth-order valence-corrected chi connectivity index (χ4v) is 4.99. The van der Waals surface area contributed by atoms with Gasteiger partial charge >= 0.3 is 0 Å². The molecule has 3 amide bonds. The lowest BCUT2D eigenvalue weighted by atomic mass is 9.75. The molecule has 2 heterocycles. The quantitative estimate of drug-likeness (QED) is 0.445. The van der Waals surface area contributed by atoms with Crippen molar-refractivity contribution in [1.82, 2.24) is 9.80 Å². The molecular formula is C24H34N2O5. The van der Waals surface area contributed by atoms with Crippen LogP contribution in [0.4, 0.5) is 0 Å². The lowest BCUT2D eigenvalue weighted by Crippen LogP contribution is -2.48. The number of methoxy groups -OCH3 is 2. The molecule has 170 valence electrons. The summed E-state index contributed by atoms with van der Waals surface area (Å²) in [5.41, 5.74) is -0.618. The maximum atomic E-state index is 13.7. The fraction of sp³-hybridized carbons (Fsp3) is 0.625. The van der Waals surface area contributed by atoms with Crippen LogP contribution in [0.25, 0.3) is 0 Å². The second-order valence-corrected chi connectivity index (χ2v) is 8.48. The van der Waals surface area contributed by atoms with Crippen molar-refractivity contribution < 1.29 is 23.9 Å². The van der Waals surface area contributed by atoms with Crippen molar-refractivity contribution in [3.05, 3.63) is 29.8 Å². The molecule has 7 heteroatoms. The fourth-order valence-electron chi connectivity index (χ4n) is 4.99. The summed E-state index contributed by atoms with van der Waals surface area (Å²) in [5.74, 6) is -0.0831. The summed E-state index contributed by atoms with van der Waals surface area (Å²) < 4.78 is 10.6. The summed E-state index contributed by atoms with van der Waals surface area (Å²) in [4.78, 5) is 43.4. The molecule has 1 aromatic rings. The standard InChI is InChI=1S/C24H34N2O5/c1-4-18-10-7-8-13-25(18)21(27)16-24(19-11-5-6-12-20(19)31-3)17-22(28)26(23(24)29)14-9-15-30-2/h5-6,11-12,18H,4,7-10,13-17H2,1-3H3/t18-,24+/m0/s1. The van der Waals surface area contributed by atoms with Crippen molar-refractivity contribution in [2.24, 2.45) is 0 Å². The SMILES string of the molecule is CC[C@H]1CCCCN1C(=O)C[C@]1(c2ccccc2OC)CC(=O)N(CCCOC)C1=O. The normalized spacial score (nSPS) is 24.0. The molecule has 2 fully saturated rings. The summed E-state index contributed by atoms with van der Waals surface area (Å²) >= 11 is 0. The highest BCUT2D eigenvalue weighted by Crippen LogP contribution is 2.44. The van der Waals surface area contributed by atoms with E-state index in [-0.39, 0.29) is 43.1 Å². The minimum atomic E-state index is -1.23. The highest BCUT2D eigenvalue weighted by atomic mass is 16.5. The Balaban J connectivity index is 1.97. The van der Waals surface area contributed by atoms with Gasteiger partial charge in [0.2, 0.25) is 17.7 Å². The Kier molecular flexibility index (Phi) is 7.70. The van der Waals surface area contributed by atoms with E-state index in [0.717, 1.165) is 25.7 Å². The molecule has 1 aromatic carbocycles. The number of ether oxygens (including phenoxy) is 2. The zero-order valence-electron chi connectivity index (χ0n) is 18.9. The number of nitrogens with zero attached hydrogens (tertiary/aromatic N) is 2. The van der Waals surface area contributed by atoms with Crippen molar-refractivity contribution in [2.75, 3.05) is 33.9 Å². The molecule has 31 heavy (non-hydrogen) atoms. The number of likely N-dealkylation sites (tertiary alicyclic amines) is 2. The third-order valence-electron chi connectivity index (χ3n) is 6.63. The Labute approximate surface area is 184 Å². The molecule has 2 aliphatic heterocycles. The summed E-state index contributed by atoms with van der Waals surface area (Å²) in [6.45, 7) is 3.55. The molecule has 0 N–H and O–H groups in total. The number of benzene rings is 1. The highest BCUT2D eigenvalue weighted by molar-refractivity contribution is 6.11. The zero-order chi connectivity index (χ0) is 22.4. The number of carbonyl (C=O) groups excluding carboxylic acids is 3. The maximum absolute atomic E-state index is 13.7. The molecule has 3 rings (SSSR count). The Morgan fingerprint density at radius 2 is 1.97 bits per heavy atom. The molecule has 0 aliphatic carbocycles. The van der Waals surface area contributed by atoms with Crippen LogP contribution >= 0.6 is 0 Å². The van der Waals surface area contributed by atoms with Gasteiger partial charge in [0, 0.05) is 51.3 Å². The first-order valence-corrected chi connectivity index (χ1v) is 11.2. The molecule has 0 saturated carbocycles. The minimum absolute atomic E-state index is 0.0183. The maximum Gasteiger partial charge on any atom is 0.241 e. The lowest BCUT2D eigenvalue weighted by Gasteiger charge is -2.38. The number of amides is 3. The average Bonchev–Trinajstić information content (AvgIpc) is 3.03. The van der Waals surface area contributed by atoms with Crippen LogP contribution in [-0.2, 0) is 24.5 Å². The second kappa shape index (κ2) is 10.3. The topological polar surface area (TPSA) is 76.2 Å². The first-order valence-electron chi connectivity index (χ1n) is 11.2. The highest BCUT2D eigenvalue weighted by Gasteiger charge is 2.55. The largest absolute Gasteiger partial charge is 0.496 e. The van der Waals surface area contributed by atoms with E-state index in [2.05, 4.69) is 6.92 Å². The van der Waals surface area contributed by atoms with Crippen LogP contribution < -0.4 is 4.74 Å². The van der Waals surface area contributed by atoms with Gasteiger partial charge in [-0.25, -0.2) is 0 Å². The lowest BCUT2D eigenvalue weighted by molar-refractivity contribution is -0.144. The zero-order valence-corrected chi connectivity index (χ0v) is 18.9. The van der Waals surface area contributed by atoms with E-state index < -0.39 is 5.41 Å². The monoisotopic (exact) mass is 430 g/mol. The number of rotatable bonds is 9. The Bertz CT molecular complexity index is 811. The number of para-hydroxylation sites is 1. The van der Waals surface area contributed by atoms with Gasteiger partial charge in [0.05, 0.1) is 12.5 Å². The van der Waals surface area contributed by atoms with E-state index in [1.54, 1.807) is 20.3 Å². The Morgan fingerprint density at radius 3 is 2.68 bits per heavy atom. The van der Waals surface area contributed by atoms with Crippen LogP contribution in [0.1, 0.15) is 57.4 Å². The minimum Gasteiger partial charge on any atom is -0.496 e. The predicted molar refractivity (Wildman–Crippen MR) is 117 cm³/mol. The van der Waals surface area contributed by atoms with Gasteiger partial charge in [-0.15, -0.1) is 0 Å². The van der Waals surface area contributed by atoms with Gasteiger partial charge in [0.1, 0.15) is 5.75 Å². The van der Waals surface area contributed by atoms with E-state index in [9.17, 15) is 14.4 Å². The van der Waals surface area contributed by atoms with Gasteiger partial charge in [-0.3, -0.25) is 19.3 Å². The molecular weight excluding hydrogens is 396 g/mol. The van der Waals surface area contributed by atoms with Crippen LogP contribution in [0.5, 0.6) is 5.75 Å². The number of imide groups is 1. The molecule has 0 spiro atoms. The average molecular weight is 431 g/mol. The predicted octanol–water partition coefficient (Wildman–Crippen LogP) is 2.91. The molecule has 0 bridgehead atoms. The van der Waals surface area contributed by atoms with E-state index in [1.807, 2.05) is 23.1 Å². The van der Waals surface area contributed by atoms with Gasteiger partial charge < -0.3 is 14.4 Å². The van der Waals surface area contributed by atoms with Crippen LogP contribution in [-0.4, -0.2) is 67.5 Å². The van der Waals surface area contributed by atoms with Crippen LogP contribution in [0, 0.1) is 0 Å². The van der Waals surface area contributed by atoms with Crippen molar-refractivity contribution >= 4 is 17.7 Å². The van der Waals surface area contributed by atoms with Gasteiger partial charge in [-0.05, 0) is 38.2 Å². The van der Waals surface area contributed by atoms with Gasteiger partial charge in [-0.2, -0.15) is 0 Å². The third-order valence-corrected chi connectivity index (χ3v) is 6.63. The number of piperidine rings is 1. The van der Waals surface area contributed by atoms with Crippen molar-refractivity contribution in [3.8, 4) is 5.75 Å². The van der Waals surface area contributed by atoms with Crippen molar-refractivity contribution in [1.29, 1.82) is 0 Å². The van der Waals surface area contributed by atoms with Crippen LogP contribution in [0.15, 0.2) is 24.3 Å². The number of hydrogen-bond acceptors (Lipinski definition) is 5.